The normalized spacial score (nSPS) is 40.2. The summed E-state index contributed by atoms with van der Waals surface area (Å²) >= 11 is 0. The zero-order valence-corrected chi connectivity index (χ0v) is 9.47. The van der Waals surface area contributed by atoms with Crippen LogP contribution < -0.4 is 0 Å². The number of allylic oxidation sites excluding steroid dienone is 2. The first-order valence-corrected chi connectivity index (χ1v) is 5.96. The van der Waals surface area contributed by atoms with Crippen molar-refractivity contribution < 1.29 is 4.79 Å². The highest BCUT2D eigenvalue weighted by Gasteiger charge is 2.53. The second-order valence-corrected chi connectivity index (χ2v) is 5.20. The summed E-state index contributed by atoms with van der Waals surface area (Å²) in [5.74, 6) is 1.16. The van der Waals surface area contributed by atoms with Crippen molar-refractivity contribution in [3.05, 3.63) is 48.0 Å². The third-order valence-electron chi connectivity index (χ3n) is 4.58. The molecule has 1 aromatic rings. The molecule has 0 aromatic heterocycles. The molecular weight excluding hydrogens is 196 g/mol. The molecular formula is C15H16O. The van der Waals surface area contributed by atoms with Crippen molar-refractivity contribution in [3.8, 4) is 0 Å². The number of aldehydes is 1. The highest BCUT2D eigenvalue weighted by atomic mass is 16.1. The lowest BCUT2D eigenvalue weighted by atomic mass is 9.66. The largest absolute Gasteiger partial charge is 0.303 e. The van der Waals surface area contributed by atoms with Gasteiger partial charge in [0.2, 0.25) is 0 Å². The van der Waals surface area contributed by atoms with Crippen LogP contribution in [0.1, 0.15) is 18.9 Å². The fraction of sp³-hybridized carbons (Fsp3) is 0.400. The van der Waals surface area contributed by atoms with E-state index in [2.05, 4.69) is 43.3 Å². The highest BCUT2D eigenvalue weighted by molar-refractivity contribution is 5.62. The van der Waals surface area contributed by atoms with Crippen LogP contribution in [0.25, 0.3) is 0 Å². The average Bonchev–Trinajstić information content (AvgIpc) is 2.90. The van der Waals surface area contributed by atoms with Crippen LogP contribution in [0.4, 0.5) is 0 Å². The predicted octanol–water partition coefficient (Wildman–Crippen LogP) is 2.97. The van der Waals surface area contributed by atoms with Crippen LogP contribution in [0.15, 0.2) is 42.5 Å². The molecule has 1 aromatic carbocycles. The summed E-state index contributed by atoms with van der Waals surface area (Å²) in [4.78, 5) is 11.4. The monoisotopic (exact) mass is 212 g/mol. The molecule has 2 aliphatic carbocycles. The van der Waals surface area contributed by atoms with E-state index < -0.39 is 0 Å². The summed E-state index contributed by atoms with van der Waals surface area (Å²) < 4.78 is 0. The van der Waals surface area contributed by atoms with Gasteiger partial charge in [0.1, 0.15) is 6.29 Å². The first kappa shape index (κ1) is 9.83. The van der Waals surface area contributed by atoms with Crippen LogP contribution in [0.3, 0.4) is 0 Å². The number of carbonyl (C=O) groups excluding carboxylic acids is 1. The Bertz CT molecular complexity index is 434. The molecule has 2 bridgehead atoms. The molecule has 0 N–H and O–H groups in total. The summed E-state index contributed by atoms with van der Waals surface area (Å²) in [5.41, 5.74) is 1.33. The van der Waals surface area contributed by atoms with Crippen molar-refractivity contribution in [1.82, 2.24) is 0 Å². The fourth-order valence-corrected chi connectivity index (χ4v) is 3.58. The summed E-state index contributed by atoms with van der Waals surface area (Å²) in [6.07, 6.45) is 6.85. The van der Waals surface area contributed by atoms with Crippen molar-refractivity contribution >= 4 is 6.29 Å². The molecule has 1 saturated carbocycles. The van der Waals surface area contributed by atoms with Gasteiger partial charge in [0.05, 0.1) is 0 Å². The van der Waals surface area contributed by atoms with E-state index >= 15 is 0 Å². The minimum atomic E-state index is 0.0163. The SMILES string of the molecule is C[C@@]1(c2ccccc2)C2C=CC(C2)C1C=O. The van der Waals surface area contributed by atoms with Gasteiger partial charge in [0.25, 0.3) is 0 Å². The molecule has 2 aliphatic rings. The molecule has 3 rings (SSSR count). The first-order valence-electron chi connectivity index (χ1n) is 5.96. The van der Waals surface area contributed by atoms with Gasteiger partial charge < -0.3 is 4.79 Å². The second-order valence-electron chi connectivity index (χ2n) is 5.20. The van der Waals surface area contributed by atoms with Gasteiger partial charge in [0, 0.05) is 11.3 Å². The lowest BCUT2D eigenvalue weighted by Crippen LogP contribution is -2.36. The molecule has 0 heterocycles. The van der Waals surface area contributed by atoms with Crippen LogP contribution in [-0.4, -0.2) is 6.29 Å². The standard InChI is InChI=1S/C15H16O/c1-15(12-5-3-2-4-6-12)13-8-7-11(9-13)14(15)10-16/h2-8,10-11,13-14H,9H2,1H3/t11?,13?,14?,15-/m1/s1. The summed E-state index contributed by atoms with van der Waals surface area (Å²) in [6, 6.07) is 10.5. The molecule has 1 fully saturated rings. The third kappa shape index (κ3) is 1.09. The van der Waals surface area contributed by atoms with E-state index in [9.17, 15) is 4.79 Å². The summed E-state index contributed by atoms with van der Waals surface area (Å²) in [7, 11) is 0. The molecule has 0 saturated heterocycles. The lowest BCUT2D eigenvalue weighted by molar-refractivity contribution is -0.113. The van der Waals surface area contributed by atoms with Crippen LogP contribution in [0, 0.1) is 17.8 Å². The van der Waals surface area contributed by atoms with Crippen LogP contribution >= 0.6 is 0 Å². The van der Waals surface area contributed by atoms with Crippen LogP contribution in [0.5, 0.6) is 0 Å². The second kappa shape index (κ2) is 3.31. The number of benzene rings is 1. The van der Waals surface area contributed by atoms with Crippen LogP contribution in [-0.2, 0) is 10.2 Å². The Labute approximate surface area is 96.2 Å². The number of hydrogen-bond acceptors (Lipinski definition) is 1. The molecule has 0 aliphatic heterocycles. The van der Waals surface area contributed by atoms with Gasteiger partial charge in [0.15, 0.2) is 0 Å². The van der Waals surface area contributed by atoms with Gasteiger partial charge in [-0.15, -0.1) is 0 Å². The van der Waals surface area contributed by atoms with Gasteiger partial charge in [-0.25, -0.2) is 0 Å². The minimum absolute atomic E-state index is 0.0163. The van der Waals surface area contributed by atoms with E-state index in [0.29, 0.717) is 11.8 Å². The van der Waals surface area contributed by atoms with Gasteiger partial charge >= 0.3 is 0 Å². The Morgan fingerprint density at radius 2 is 2.00 bits per heavy atom. The number of hydrogen-bond donors (Lipinski definition) is 0. The molecule has 0 spiro atoms. The molecule has 4 atom stereocenters. The van der Waals surface area contributed by atoms with Crippen molar-refractivity contribution in [1.29, 1.82) is 0 Å². The average molecular weight is 212 g/mol. The topological polar surface area (TPSA) is 17.1 Å². The van der Waals surface area contributed by atoms with E-state index in [0.717, 1.165) is 6.42 Å². The summed E-state index contributed by atoms with van der Waals surface area (Å²) in [5, 5.41) is 0. The third-order valence-corrected chi connectivity index (χ3v) is 4.58. The summed E-state index contributed by atoms with van der Waals surface area (Å²) in [6.45, 7) is 2.25. The van der Waals surface area contributed by atoms with Crippen LogP contribution in [0.2, 0.25) is 0 Å². The maximum Gasteiger partial charge on any atom is 0.124 e. The molecule has 0 radical (unpaired) electrons. The van der Waals surface area contributed by atoms with E-state index in [1.807, 2.05) is 6.07 Å². The number of carbonyl (C=O) groups is 1. The number of fused-ring (bicyclic) bond motifs is 2. The van der Waals surface area contributed by atoms with Crippen molar-refractivity contribution in [2.24, 2.45) is 17.8 Å². The molecule has 3 unspecified atom stereocenters. The molecule has 16 heavy (non-hydrogen) atoms. The van der Waals surface area contributed by atoms with Crippen molar-refractivity contribution in [2.75, 3.05) is 0 Å². The Morgan fingerprint density at radius 1 is 1.25 bits per heavy atom. The van der Waals surface area contributed by atoms with Gasteiger partial charge in [-0.1, -0.05) is 49.4 Å². The maximum absolute atomic E-state index is 11.4. The molecule has 1 heteroatoms. The Morgan fingerprint density at radius 3 is 2.69 bits per heavy atom. The molecule has 1 nitrogen and oxygen atoms in total. The highest BCUT2D eigenvalue weighted by Crippen LogP contribution is 2.56. The van der Waals surface area contributed by atoms with E-state index in [1.165, 1.54) is 11.8 Å². The van der Waals surface area contributed by atoms with Gasteiger partial charge in [-0.3, -0.25) is 0 Å². The smallest absolute Gasteiger partial charge is 0.124 e. The van der Waals surface area contributed by atoms with Crippen molar-refractivity contribution in [2.45, 2.75) is 18.8 Å². The number of rotatable bonds is 2. The minimum Gasteiger partial charge on any atom is -0.303 e. The quantitative estimate of drug-likeness (QED) is 0.544. The predicted molar refractivity (Wildman–Crippen MR) is 64.1 cm³/mol. The van der Waals surface area contributed by atoms with E-state index in [-0.39, 0.29) is 11.3 Å². The molecule has 82 valence electrons. The Hall–Kier alpha value is -1.37. The van der Waals surface area contributed by atoms with E-state index in [1.54, 1.807) is 0 Å². The molecule has 0 amide bonds. The first-order chi connectivity index (χ1) is 7.76. The zero-order chi connectivity index (χ0) is 11.2. The Kier molecular flexibility index (Phi) is 2.03. The zero-order valence-electron chi connectivity index (χ0n) is 9.47. The Balaban J connectivity index is 2.10. The maximum atomic E-state index is 11.4. The lowest BCUT2D eigenvalue weighted by Gasteiger charge is -2.36. The van der Waals surface area contributed by atoms with Gasteiger partial charge in [-0.05, 0) is 23.8 Å². The van der Waals surface area contributed by atoms with E-state index in [4.69, 9.17) is 0 Å². The fourth-order valence-electron chi connectivity index (χ4n) is 3.58. The van der Waals surface area contributed by atoms with Crippen molar-refractivity contribution in [3.63, 3.8) is 0 Å². The van der Waals surface area contributed by atoms with Gasteiger partial charge in [-0.2, -0.15) is 0 Å².